The summed E-state index contributed by atoms with van der Waals surface area (Å²) < 4.78 is 5.46. The normalized spacial score (nSPS) is 21.0. The summed E-state index contributed by atoms with van der Waals surface area (Å²) in [5, 5.41) is 9.71. The van der Waals surface area contributed by atoms with Crippen molar-refractivity contribution in [3.05, 3.63) is 29.3 Å². The van der Waals surface area contributed by atoms with Crippen molar-refractivity contribution in [2.24, 2.45) is 5.92 Å². The van der Waals surface area contributed by atoms with Gasteiger partial charge >= 0.3 is 0 Å². The van der Waals surface area contributed by atoms with Gasteiger partial charge in [0.1, 0.15) is 0 Å². The number of ether oxygens (including phenoxy) is 1. The number of benzene rings is 1. The molecular weight excluding hydrogens is 250 g/mol. The van der Waals surface area contributed by atoms with Gasteiger partial charge in [-0.3, -0.25) is 0 Å². The van der Waals surface area contributed by atoms with Crippen LogP contribution in [0.5, 0.6) is 0 Å². The lowest BCUT2D eigenvalue weighted by atomic mass is 9.98. The van der Waals surface area contributed by atoms with Crippen molar-refractivity contribution in [3.8, 4) is 0 Å². The topological polar surface area (TPSA) is 32.7 Å². The molecule has 0 aliphatic carbocycles. The lowest BCUT2D eigenvalue weighted by molar-refractivity contribution is 0.0683. The molecule has 3 rings (SSSR count). The van der Waals surface area contributed by atoms with Gasteiger partial charge in [-0.2, -0.15) is 0 Å². The second kappa shape index (κ2) is 6.15. The number of anilines is 1. The number of fused-ring (bicyclic) bond motifs is 1. The number of aliphatic hydroxyl groups is 1. The van der Waals surface area contributed by atoms with Gasteiger partial charge < -0.3 is 14.7 Å². The molecule has 1 N–H and O–H groups in total. The van der Waals surface area contributed by atoms with Gasteiger partial charge in [0.25, 0.3) is 0 Å². The molecule has 3 heteroatoms. The van der Waals surface area contributed by atoms with Crippen LogP contribution in [0.3, 0.4) is 0 Å². The summed E-state index contributed by atoms with van der Waals surface area (Å²) in [6, 6.07) is 6.55. The molecule has 0 saturated carbocycles. The number of rotatable bonds is 4. The van der Waals surface area contributed by atoms with E-state index >= 15 is 0 Å². The van der Waals surface area contributed by atoms with Gasteiger partial charge in [-0.25, -0.2) is 0 Å². The van der Waals surface area contributed by atoms with Crippen LogP contribution in [-0.4, -0.2) is 37.5 Å². The third-order valence-corrected chi connectivity index (χ3v) is 4.51. The predicted molar refractivity (Wildman–Crippen MR) is 81.3 cm³/mol. The third kappa shape index (κ3) is 2.99. The molecule has 1 aromatic carbocycles. The van der Waals surface area contributed by atoms with E-state index in [4.69, 9.17) is 4.74 Å². The van der Waals surface area contributed by atoms with E-state index in [0.717, 1.165) is 45.1 Å². The molecule has 1 saturated heterocycles. The van der Waals surface area contributed by atoms with Crippen molar-refractivity contribution in [2.45, 2.75) is 38.7 Å². The minimum absolute atomic E-state index is 0.271. The molecule has 1 aromatic rings. The second-order valence-corrected chi connectivity index (χ2v) is 6.23. The molecule has 0 aromatic heterocycles. The molecule has 0 amide bonds. The molecule has 3 nitrogen and oxygen atoms in total. The van der Waals surface area contributed by atoms with Gasteiger partial charge in [0.05, 0.1) is 6.10 Å². The predicted octanol–water partition coefficient (Wildman–Crippen LogP) is 2.40. The van der Waals surface area contributed by atoms with Crippen molar-refractivity contribution >= 4 is 5.69 Å². The van der Waals surface area contributed by atoms with Crippen LogP contribution in [0.15, 0.2) is 18.2 Å². The maximum absolute atomic E-state index is 9.71. The maximum atomic E-state index is 9.71. The third-order valence-electron chi connectivity index (χ3n) is 4.51. The van der Waals surface area contributed by atoms with Gasteiger partial charge in [0, 0.05) is 38.4 Å². The van der Waals surface area contributed by atoms with Gasteiger partial charge in [0.15, 0.2) is 0 Å². The SMILES string of the molecule is CC(O)Cc1cccc2c1N(CC1CCOCC1)CC2. The lowest BCUT2D eigenvalue weighted by Gasteiger charge is -2.30. The Hall–Kier alpha value is -1.06. The van der Waals surface area contributed by atoms with Crippen molar-refractivity contribution in [2.75, 3.05) is 31.2 Å². The molecule has 1 atom stereocenters. The maximum Gasteiger partial charge on any atom is 0.0553 e. The van der Waals surface area contributed by atoms with Crippen molar-refractivity contribution in [1.29, 1.82) is 0 Å². The van der Waals surface area contributed by atoms with E-state index in [1.807, 2.05) is 6.92 Å². The van der Waals surface area contributed by atoms with Crippen LogP contribution in [0.1, 0.15) is 30.9 Å². The Labute approximate surface area is 121 Å². The summed E-state index contributed by atoms with van der Waals surface area (Å²) in [4.78, 5) is 2.54. The Balaban J connectivity index is 1.77. The fraction of sp³-hybridized carbons (Fsp3) is 0.647. The summed E-state index contributed by atoms with van der Waals surface area (Å²) in [6.07, 6.45) is 4.00. The summed E-state index contributed by atoms with van der Waals surface area (Å²) in [6.45, 7) is 5.98. The molecular formula is C17H25NO2. The number of hydrogen-bond donors (Lipinski definition) is 1. The minimum Gasteiger partial charge on any atom is -0.393 e. The van der Waals surface area contributed by atoms with Crippen LogP contribution >= 0.6 is 0 Å². The van der Waals surface area contributed by atoms with E-state index in [0.29, 0.717) is 0 Å². The Morgan fingerprint density at radius 3 is 2.90 bits per heavy atom. The van der Waals surface area contributed by atoms with E-state index < -0.39 is 0 Å². The van der Waals surface area contributed by atoms with Crippen LogP contribution in [0.25, 0.3) is 0 Å². The molecule has 110 valence electrons. The molecule has 1 unspecified atom stereocenters. The molecule has 20 heavy (non-hydrogen) atoms. The fourth-order valence-corrected chi connectivity index (χ4v) is 3.53. The first-order valence-corrected chi connectivity index (χ1v) is 7.85. The standard InChI is InChI=1S/C17H25NO2/c1-13(19)11-16-4-2-3-15-5-8-18(17(15)16)12-14-6-9-20-10-7-14/h2-4,13-14,19H,5-12H2,1H3. The van der Waals surface area contributed by atoms with E-state index in [1.54, 1.807) is 0 Å². The average molecular weight is 275 g/mol. The highest BCUT2D eigenvalue weighted by molar-refractivity contribution is 5.63. The zero-order valence-electron chi connectivity index (χ0n) is 12.3. The lowest BCUT2D eigenvalue weighted by Crippen LogP contribution is -2.31. The van der Waals surface area contributed by atoms with Gasteiger partial charge in [0.2, 0.25) is 0 Å². The Kier molecular flexibility index (Phi) is 4.27. The average Bonchev–Trinajstić information content (AvgIpc) is 2.84. The van der Waals surface area contributed by atoms with E-state index in [1.165, 1.54) is 29.7 Å². The monoisotopic (exact) mass is 275 g/mol. The highest BCUT2D eigenvalue weighted by atomic mass is 16.5. The van der Waals surface area contributed by atoms with Crippen LogP contribution in [0.4, 0.5) is 5.69 Å². The molecule has 1 fully saturated rings. The Bertz CT molecular complexity index is 452. The number of para-hydroxylation sites is 1. The van der Waals surface area contributed by atoms with E-state index in [2.05, 4.69) is 23.1 Å². The first kappa shape index (κ1) is 13.9. The summed E-state index contributed by atoms with van der Waals surface area (Å²) in [5.74, 6) is 0.759. The Morgan fingerprint density at radius 1 is 1.35 bits per heavy atom. The minimum atomic E-state index is -0.271. The van der Waals surface area contributed by atoms with Crippen molar-refractivity contribution in [1.82, 2.24) is 0 Å². The van der Waals surface area contributed by atoms with Crippen molar-refractivity contribution in [3.63, 3.8) is 0 Å². The van der Waals surface area contributed by atoms with Gasteiger partial charge in [-0.15, -0.1) is 0 Å². The smallest absolute Gasteiger partial charge is 0.0553 e. The van der Waals surface area contributed by atoms with Crippen molar-refractivity contribution < 1.29 is 9.84 Å². The van der Waals surface area contributed by atoms with Crippen LogP contribution < -0.4 is 4.90 Å². The Morgan fingerprint density at radius 2 is 2.15 bits per heavy atom. The van der Waals surface area contributed by atoms with Crippen LogP contribution in [-0.2, 0) is 17.6 Å². The van der Waals surface area contributed by atoms with Gasteiger partial charge in [-0.1, -0.05) is 18.2 Å². The number of aliphatic hydroxyl groups excluding tert-OH is 1. The summed E-state index contributed by atoms with van der Waals surface area (Å²) >= 11 is 0. The zero-order valence-corrected chi connectivity index (χ0v) is 12.3. The van der Waals surface area contributed by atoms with Crippen LogP contribution in [0, 0.1) is 5.92 Å². The van der Waals surface area contributed by atoms with E-state index in [9.17, 15) is 5.11 Å². The molecule has 0 radical (unpaired) electrons. The molecule has 2 aliphatic heterocycles. The second-order valence-electron chi connectivity index (χ2n) is 6.23. The quantitative estimate of drug-likeness (QED) is 0.916. The summed E-state index contributed by atoms with van der Waals surface area (Å²) in [7, 11) is 0. The largest absolute Gasteiger partial charge is 0.393 e. The van der Waals surface area contributed by atoms with Gasteiger partial charge in [-0.05, 0) is 43.2 Å². The summed E-state index contributed by atoms with van der Waals surface area (Å²) in [5.41, 5.74) is 4.16. The number of nitrogens with zero attached hydrogens (tertiary/aromatic N) is 1. The first-order valence-electron chi connectivity index (χ1n) is 7.85. The molecule has 0 spiro atoms. The highest BCUT2D eigenvalue weighted by Crippen LogP contribution is 2.34. The highest BCUT2D eigenvalue weighted by Gasteiger charge is 2.25. The van der Waals surface area contributed by atoms with E-state index in [-0.39, 0.29) is 6.10 Å². The van der Waals surface area contributed by atoms with Crippen LogP contribution in [0.2, 0.25) is 0 Å². The zero-order chi connectivity index (χ0) is 13.9. The number of hydrogen-bond acceptors (Lipinski definition) is 3. The first-order chi connectivity index (χ1) is 9.74. The molecule has 2 aliphatic rings. The molecule has 0 bridgehead atoms. The fourth-order valence-electron chi connectivity index (χ4n) is 3.53. The molecule has 2 heterocycles.